The van der Waals surface area contributed by atoms with Crippen molar-refractivity contribution >= 4 is 15.9 Å². The summed E-state index contributed by atoms with van der Waals surface area (Å²) in [6.45, 7) is 1.93. The van der Waals surface area contributed by atoms with Crippen LogP contribution in [0.1, 0.15) is 34.5 Å². The van der Waals surface area contributed by atoms with E-state index < -0.39 is 15.9 Å². The van der Waals surface area contributed by atoms with Crippen LogP contribution in [0.5, 0.6) is 17.2 Å². The summed E-state index contributed by atoms with van der Waals surface area (Å²) in [7, 11) is 0.525. The molecular weight excluding hydrogens is 456 g/mol. The highest BCUT2D eigenvalue weighted by atomic mass is 32.2. The molecule has 0 radical (unpaired) electrons. The molecule has 0 saturated carbocycles. The summed E-state index contributed by atoms with van der Waals surface area (Å²) in [5.74, 6) is 0.843. The largest absolute Gasteiger partial charge is 0.495 e. The first kappa shape index (κ1) is 25.1. The van der Waals surface area contributed by atoms with E-state index in [2.05, 4.69) is 10.0 Å². The van der Waals surface area contributed by atoms with Crippen molar-refractivity contribution in [1.82, 2.24) is 10.0 Å². The van der Waals surface area contributed by atoms with Crippen LogP contribution in [0.4, 0.5) is 0 Å². The summed E-state index contributed by atoms with van der Waals surface area (Å²) >= 11 is 0. The predicted molar refractivity (Wildman–Crippen MR) is 129 cm³/mol. The molecule has 1 amide bonds. The third-order valence-electron chi connectivity index (χ3n) is 5.28. The van der Waals surface area contributed by atoms with E-state index in [4.69, 9.17) is 14.2 Å². The van der Waals surface area contributed by atoms with Crippen LogP contribution in [0, 0.1) is 0 Å². The lowest BCUT2D eigenvalue weighted by Gasteiger charge is -2.17. The van der Waals surface area contributed by atoms with Gasteiger partial charge in [-0.1, -0.05) is 36.4 Å². The zero-order chi connectivity index (χ0) is 24.7. The molecule has 0 aliphatic heterocycles. The first-order valence-electron chi connectivity index (χ1n) is 10.5. The third-order valence-corrected chi connectivity index (χ3v) is 6.70. The number of methoxy groups -OCH3 is 3. The Morgan fingerprint density at radius 3 is 2.15 bits per heavy atom. The minimum atomic E-state index is -3.94. The number of ether oxygens (including phenoxy) is 3. The first-order chi connectivity index (χ1) is 16.3. The number of carbonyl (C=O) groups excluding carboxylic acids is 1. The average molecular weight is 485 g/mol. The molecule has 34 heavy (non-hydrogen) atoms. The molecule has 8 nitrogen and oxygen atoms in total. The lowest BCUT2D eigenvalue weighted by atomic mass is 10.1. The van der Waals surface area contributed by atoms with Gasteiger partial charge in [-0.15, -0.1) is 0 Å². The number of benzene rings is 3. The second-order valence-corrected chi connectivity index (χ2v) is 9.22. The van der Waals surface area contributed by atoms with Crippen LogP contribution in [0.3, 0.4) is 0 Å². The predicted octanol–water partition coefficient (Wildman–Crippen LogP) is 3.68. The van der Waals surface area contributed by atoms with Crippen molar-refractivity contribution in [2.24, 2.45) is 0 Å². The average Bonchev–Trinajstić information content (AvgIpc) is 2.87. The van der Waals surface area contributed by atoms with E-state index in [1.807, 2.05) is 43.3 Å². The van der Waals surface area contributed by atoms with Crippen LogP contribution in [0.15, 0.2) is 71.6 Å². The highest BCUT2D eigenvalue weighted by Crippen LogP contribution is 2.30. The van der Waals surface area contributed by atoms with Gasteiger partial charge in [0.1, 0.15) is 10.6 Å². The standard InChI is InChI=1S/C25H28N2O6S/c1-17(19-10-12-21(31-2)23(14-19)33-4)27-25(28)20-11-13-22(32-3)24(15-20)34(29,30)26-16-18-8-6-5-7-9-18/h5-15,17,26H,16H2,1-4H3,(H,27,28)/t17-/m0/s1. The van der Waals surface area contributed by atoms with E-state index >= 15 is 0 Å². The molecule has 0 spiro atoms. The maximum Gasteiger partial charge on any atom is 0.251 e. The van der Waals surface area contributed by atoms with Crippen molar-refractivity contribution in [3.05, 3.63) is 83.4 Å². The molecule has 9 heteroatoms. The van der Waals surface area contributed by atoms with Gasteiger partial charge < -0.3 is 19.5 Å². The lowest BCUT2D eigenvalue weighted by molar-refractivity contribution is 0.0939. The summed E-state index contributed by atoms with van der Waals surface area (Å²) in [4.78, 5) is 12.8. The molecule has 3 rings (SSSR count). The Labute approximate surface area is 199 Å². The molecular formula is C25H28N2O6S. The maximum absolute atomic E-state index is 13.0. The Morgan fingerprint density at radius 1 is 0.853 bits per heavy atom. The summed E-state index contributed by atoms with van der Waals surface area (Å²) in [5, 5.41) is 2.88. The second kappa shape index (κ2) is 11.0. The topological polar surface area (TPSA) is 103 Å². The molecule has 0 fully saturated rings. The summed E-state index contributed by atoms with van der Waals surface area (Å²) < 4.78 is 44.3. The Morgan fingerprint density at radius 2 is 1.50 bits per heavy atom. The Hall–Kier alpha value is -3.56. The zero-order valence-electron chi connectivity index (χ0n) is 19.5. The summed E-state index contributed by atoms with van der Waals surface area (Å²) in [6, 6.07) is 18.4. The SMILES string of the molecule is COc1ccc([C@H](C)NC(=O)c2ccc(OC)c(S(=O)(=O)NCc3ccccc3)c2)cc1OC. The molecule has 0 aliphatic rings. The first-order valence-corrected chi connectivity index (χ1v) is 12.0. The normalized spacial score (nSPS) is 12.0. The molecule has 3 aromatic carbocycles. The fourth-order valence-electron chi connectivity index (χ4n) is 3.37. The maximum atomic E-state index is 13.0. The van der Waals surface area contributed by atoms with Gasteiger partial charge in [-0.3, -0.25) is 4.79 Å². The molecule has 0 saturated heterocycles. The smallest absolute Gasteiger partial charge is 0.251 e. The number of sulfonamides is 1. The van der Waals surface area contributed by atoms with Crippen LogP contribution < -0.4 is 24.2 Å². The highest BCUT2D eigenvalue weighted by molar-refractivity contribution is 7.89. The third kappa shape index (κ3) is 5.86. The van der Waals surface area contributed by atoms with Gasteiger partial charge >= 0.3 is 0 Å². The van der Waals surface area contributed by atoms with Gasteiger partial charge in [0.05, 0.1) is 27.4 Å². The monoisotopic (exact) mass is 484 g/mol. The van der Waals surface area contributed by atoms with Crippen molar-refractivity contribution in [2.45, 2.75) is 24.4 Å². The number of nitrogens with one attached hydrogen (secondary N) is 2. The van der Waals surface area contributed by atoms with Crippen LogP contribution in [0.2, 0.25) is 0 Å². The number of amides is 1. The van der Waals surface area contributed by atoms with Gasteiger partial charge in [-0.25, -0.2) is 13.1 Å². The van der Waals surface area contributed by atoms with Crippen molar-refractivity contribution in [1.29, 1.82) is 0 Å². The molecule has 180 valence electrons. The highest BCUT2D eigenvalue weighted by Gasteiger charge is 2.22. The second-order valence-electron chi connectivity index (χ2n) is 7.49. The minimum absolute atomic E-state index is 0.110. The lowest BCUT2D eigenvalue weighted by Crippen LogP contribution is -2.28. The molecule has 3 aromatic rings. The van der Waals surface area contributed by atoms with Gasteiger partial charge in [0.2, 0.25) is 10.0 Å². The number of rotatable bonds is 10. The molecule has 1 atom stereocenters. The van der Waals surface area contributed by atoms with Gasteiger partial charge in [0.25, 0.3) is 5.91 Å². The number of hydrogen-bond acceptors (Lipinski definition) is 6. The molecule has 0 bridgehead atoms. The molecule has 2 N–H and O–H groups in total. The molecule has 0 heterocycles. The van der Waals surface area contributed by atoms with E-state index in [1.54, 1.807) is 19.2 Å². The summed E-state index contributed by atoms with van der Waals surface area (Å²) in [6.07, 6.45) is 0. The molecule has 0 unspecified atom stereocenters. The van der Waals surface area contributed by atoms with Crippen molar-refractivity contribution in [2.75, 3.05) is 21.3 Å². The fraction of sp³-hybridized carbons (Fsp3) is 0.240. The van der Waals surface area contributed by atoms with Crippen LogP contribution >= 0.6 is 0 Å². The van der Waals surface area contributed by atoms with E-state index in [0.29, 0.717) is 11.5 Å². The quantitative estimate of drug-likeness (QED) is 0.455. The fourth-order valence-corrected chi connectivity index (χ4v) is 4.58. The zero-order valence-corrected chi connectivity index (χ0v) is 20.3. The summed E-state index contributed by atoms with van der Waals surface area (Å²) in [5.41, 5.74) is 1.80. The van der Waals surface area contributed by atoms with E-state index in [9.17, 15) is 13.2 Å². The Kier molecular flexibility index (Phi) is 8.14. The van der Waals surface area contributed by atoms with Crippen molar-refractivity contribution in [3.8, 4) is 17.2 Å². The van der Waals surface area contributed by atoms with Crippen LogP contribution in [-0.4, -0.2) is 35.7 Å². The van der Waals surface area contributed by atoms with Crippen molar-refractivity contribution < 1.29 is 27.4 Å². The van der Waals surface area contributed by atoms with E-state index in [1.165, 1.54) is 32.4 Å². The van der Waals surface area contributed by atoms with Crippen LogP contribution in [-0.2, 0) is 16.6 Å². The van der Waals surface area contributed by atoms with E-state index in [-0.39, 0.29) is 28.8 Å². The van der Waals surface area contributed by atoms with Gasteiger partial charge in [-0.2, -0.15) is 0 Å². The minimum Gasteiger partial charge on any atom is -0.495 e. The Balaban J connectivity index is 1.80. The van der Waals surface area contributed by atoms with Gasteiger partial charge in [0.15, 0.2) is 11.5 Å². The van der Waals surface area contributed by atoms with Crippen molar-refractivity contribution in [3.63, 3.8) is 0 Å². The van der Waals surface area contributed by atoms with E-state index in [0.717, 1.165) is 11.1 Å². The van der Waals surface area contributed by atoms with Crippen LogP contribution in [0.25, 0.3) is 0 Å². The van der Waals surface area contributed by atoms with Gasteiger partial charge in [0, 0.05) is 12.1 Å². The number of carbonyl (C=O) groups is 1. The molecule has 0 aliphatic carbocycles. The molecule has 0 aromatic heterocycles. The van der Waals surface area contributed by atoms with Gasteiger partial charge in [-0.05, 0) is 48.4 Å². The number of hydrogen-bond donors (Lipinski definition) is 2. The Bertz CT molecular complexity index is 1250.